The van der Waals surface area contributed by atoms with Crippen LogP contribution >= 0.6 is 0 Å². The van der Waals surface area contributed by atoms with E-state index < -0.39 is 42.5 Å². The lowest BCUT2D eigenvalue weighted by Gasteiger charge is -2.20. The number of H-pyrrole nitrogens is 1. The molecule has 1 unspecified atom stereocenters. The van der Waals surface area contributed by atoms with Crippen molar-refractivity contribution < 1.29 is 21.9 Å². The molecule has 2 aromatic heterocycles. The van der Waals surface area contributed by atoms with Crippen molar-refractivity contribution in [1.82, 2.24) is 25.6 Å². The zero-order chi connectivity index (χ0) is 23.0. The fraction of sp³-hybridized carbons (Fsp3) is 0.200. The Morgan fingerprint density at radius 3 is 2.29 bits per heavy atom. The van der Waals surface area contributed by atoms with Crippen LogP contribution in [0.4, 0.5) is 5.82 Å². The first-order chi connectivity index (χ1) is 14.4. The Morgan fingerprint density at radius 1 is 1.10 bits per heavy atom. The molecule has 10 N–H and O–H groups in total. The van der Waals surface area contributed by atoms with Crippen LogP contribution in [0.2, 0.25) is 0 Å². The number of sulfonamides is 2. The highest BCUT2D eigenvalue weighted by Crippen LogP contribution is 2.41. The molecule has 0 aliphatic carbocycles. The lowest BCUT2D eigenvalue weighted by molar-refractivity contribution is 0.265. The Labute approximate surface area is 176 Å². The van der Waals surface area contributed by atoms with Crippen LogP contribution < -0.4 is 21.7 Å². The maximum absolute atomic E-state index is 12.5. The van der Waals surface area contributed by atoms with Crippen molar-refractivity contribution in [3.63, 3.8) is 0 Å². The molecule has 0 fully saturated rings. The predicted molar refractivity (Wildman–Crippen MR) is 109 cm³/mol. The molecule has 166 valence electrons. The lowest BCUT2D eigenvalue weighted by atomic mass is 9.91. The molecule has 14 nitrogen and oxygen atoms in total. The second-order valence-corrected chi connectivity index (χ2v) is 9.59. The van der Waals surface area contributed by atoms with Crippen LogP contribution in [-0.2, 0) is 26.5 Å². The fourth-order valence-electron chi connectivity index (χ4n) is 3.06. The third-order valence-electron chi connectivity index (χ3n) is 4.28. The number of benzene rings is 1. The number of anilines is 1. The topological polar surface area (TPSA) is 260 Å². The van der Waals surface area contributed by atoms with Gasteiger partial charge >= 0.3 is 0 Å². The van der Waals surface area contributed by atoms with E-state index >= 15 is 0 Å². The SMILES string of the molecule is Nc1ccc(-c2c(CC(N)CO)cc(S(N)(=O)=O)c(S(N)(=O)=O)c2-c2nn[nH]n2)cn1. The summed E-state index contributed by atoms with van der Waals surface area (Å²) in [5.74, 6) is -0.0773. The van der Waals surface area contributed by atoms with Crippen LogP contribution in [-0.4, -0.2) is 60.2 Å². The molecule has 0 saturated heterocycles. The van der Waals surface area contributed by atoms with Crippen molar-refractivity contribution >= 4 is 25.9 Å². The molecular formula is C15H19N9O5S2. The summed E-state index contributed by atoms with van der Waals surface area (Å²) in [6, 6.07) is 3.21. The Morgan fingerprint density at radius 2 is 1.81 bits per heavy atom. The molecule has 0 radical (unpaired) electrons. The van der Waals surface area contributed by atoms with Gasteiger partial charge in [0, 0.05) is 17.8 Å². The molecule has 0 aliphatic heterocycles. The van der Waals surface area contributed by atoms with E-state index in [1.165, 1.54) is 18.3 Å². The maximum Gasteiger partial charge on any atom is 0.240 e. The van der Waals surface area contributed by atoms with E-state index in [1.54, 1.807) is 0 Å². The Balaban J connectivity index is 2.59. The number of tetrazole rings is 1. The zero-order valence-corrected chi connectivity index (χ0v) is 17.4. The van der Waals surface area contributed by atoms with E-state index in [1.807, 2.05) is 0 Å². The monoisotopic (exact) mass is 469 g/mol. The van der Waals surface area contributed by atoms with Crippen LogP contribution in [0.15, 0.2) is 34.2 Å². The number of aromatic amines is 1. The van der Waals surface area contributed by atoms with Gasteiger partial charge in [0.25, 0.3) is 0 Å². The number of nitrogen functional groups attached to an aromatic ring is 1. The van der Waals surface area contributed by atoms with Crippen molar-refractivity contribution in [2.45, 2.75) is 22.3 Å². The van der Waals surface area contributed by atoms with Crippen molar-refractivity contribution in [1.29, 1.82) is 0 Å². The van der Waals surface area contributed by atoms with E-state index in [9.17, 15) is 21.9 Å². The number of nitrogens with two attached hydrogens (primary N) is 4. The smallest absolute Gasteiger partial charge is 0.240 e. The summed E-state index contributed by atoms with van der Waals surface area (Å²) in [6.07, 6.45) is 1.28. The molecule has 0 aliphatic rings. The Hall–Kier alpha value is -3.02. The highest BCUT2D eigenvalue weighted by atomic mass is 32.2. The predicted octanol–water partition coefficient (Wildman–Crippen LogP) is -2.33. The minimum absolute atomic E-state index is 0.0610. The molecule has 0 spiro atoms. The van der Waals surface area contributed by atoms with E-state index in [2.05, 4.69) is 25.6 Å². The standard InChI is InChI=1S/C15H19N9O5S2/c16-9(6-25)3-8-4-10(30(18,26)27)14(31(19,28)29)13(15-21-23-24-22-15)12(8)7-1-2-11(17)20-5-7/h1-2,4-5,9,25H,3,6,16H2,(H2,17,20)(H2,18,26,27)(H2,19,28,29)(H,21,22,23,24). The number of aliphatic hydroxyl groups is 1. The van der Waals surface area contributed by atoms with Gasteiger partial charge in [0.05, 0.1) is 12.2 Å². The largest absolute Gasteiger partial charge is 0.395 e. The van der Waals surface area contributed by atoms with Crippen LogP contribution in [0.25, 0.3) is 22.5 Å². The third-order valence-corrected chi connectivity index (χ3v) is 6.34. The molecule has 1 aromatic carbocycles. The van der Waals surface area contributed by atoms with Crippen molar-refractivity contribution in [3.05, 3.63) is 30.0 Å². The molecule has 0 amide bonds. The quantitative estimate of drug-likeness (QED) is 0.213. The lowest BCUT2D eigenvalue weighted by Crippen LogP contribution is -2.28. The minimum Gasteiger partial charge on any atom is -0.395 e. The van der Waals surface area contributed by atoms with Gasteiger partial charge in [-0.05, 0) is 41.0 Å². The molecule has 16 heteroatoms. The summed E-state index contributed by atoms with van der Waals surface area (Å²) in [7, 11) is -9.25. The molecular weight excluding hydrogens is 450 g/mol. The van der Waals surface area contributed by atoms with Crippen molar-refractivity contribution in [2.24, 2.45) is 16.0 Å². The summed E-state index contributed by atoms with van der Waals surface area (Å²) < 4.78 is 49.6. The number of primary sulfonamides is 2. The highest BCUT2D eigenvalue weighted by molar-refractivity contribution is 7.92. The van der Waals surface area contributed by atoms with Gasteiger partial charge in [0.15, 0.2) is 0 Å². The molecule has 3 rings (SSSR count). The molecule has 0 bridgehead atoms. The number of rotatable bonds is 7. The summed E-state index contributed by atoms with van der Waals surface area (Å²) >= 11 is 0. The first-order valence-corrected chi connectivity index (χ1v) is 11.6. The maximum atomic E-state index is 12.5. The third kappa shape index (κ3) is 4.68. The molecule has 3 aromatic rings. The number of pyridine rings is 1. The number of hydrogen-bond acceptors (Lipinski definition) is 11. The van der Waals surface area contributed by atoms with Crippen LogP contribution in [0.1, 0.15) is 5.56 Å². The normalized spacial score (nSPS) is 13.3. The van der Waals surface area contributed by atoms with Gasteiger partial charge in [0.2, 0.25) is 25.9 Å². The van der Waals surface area contributed by atoms with E-state index in [-0.39, 0.29) is 34.8 Å². The average Bonchev–Trinajstić information content (AvgIpc) is 3.20. The van der Waals surface area contributed by atoms with Gasteiger partial charge in [-0.2, -0.15) is 5.21 Å². The number of aliphatic hydroxyl groups excluding tert-OH is 1. The molecule has 2 heterocycles. The van der Waals surface area contributed by atoms with Crippen molar-refractivity contribution in [2.75, 3.05) is 12.3 Å². The van der Waals surface area contributed by atoms with Crippen molar-refractivity contribution in [3.8, 4) is 22.5 Å². The number of nitrogens with one attached hydrogen (secondary N) is 1. The minimum atomic E-state index is -4.67. The van der Waals surface area contributed by atoms with Gasteiger partial charge in [-0.15, -0.1) is 10.2 Å². The first-order valence-electron chi connectivity index (χ1n) is 8.51. The van der Waals surface area contributed by atoms with Gasteiger partial charge in [-0.25, -0.2) is 32.1 Å². The van der Waals surface area contributed by atoms with E-state index in [0.717, 1.165) is 6.07 Å². The number of aromatic nitrogens is 5. The van der Waals surface area contributed by atoms with E-state index in [4.69, 9.17) is 21.7 Å². The highest BCUT2D eigenvalue weighted by Gasteiger charge is 2.33. The number of hydrogen-bond donors (Lipinski definition) is 6. The van der Waals surface area contributed by atoms with Gasteiger partial charge in [0.1, 0.15) is 15.6 Å². The van der Waals surface area contributed by atoms with Gasteiger partial charge in [-0.1, -0.05) is 0 Å². The summed E-state index contributed by atoms with van der Waals surface area (Å²) in [5.41, 5.74) is 12.0. The van der Waals surface area contributed by atoms with Crippen LogP contribution in [0.3, 0.4) is 0 Å². The summed E-state index contributed by atoms with van der Waals surface area (Å²) in [4.78, 5) is 2.40. The number of nitrogens with zero attached hydrogens (tertiary/aromatic N) is 4. The average molecular weight is 470 g/mol. The second kappa shape index (κ2) is 8.25. The van der Waals surface area contributed by atoms with Crippen LogP contribution in [0.5, 0.6) is 0 Å². The zero-order valence-electron chi connectivity index (χ0n) is 15.8. The van der Waals surface area contributed by atoms with Gasteiger partial charge in [-0.3, -0.25) is 0 Å². The van der Waals surface area contributed by atoms with Crippen LogP contribution in [0, 0.1) is 0 Å². The second-order valence-electron chi connectivity index (χ2n) is 6.56. The summed E-state index contributed by atoms with van der Waals surface area (Å²) in [6.45, 7) is -0.432. The Bertz CT molecular complexity index is 1310. The molecule has 0 saturated carbocycles. The molecule has 1 atom stereocenters. The molecule has 31 heavy (non-hydrogen) atoms. The van der Waals surface area contributed by atoms with E-state index in [0.29, 0.717) is 5.56 Å². The first kappa shape index (κ1) is 22.7. The Kier molecular flexibility index (Phi) is 6.03. The van der Waals surface area contributed by atoms with Gasteiger partial charge < -0.3 is 16.6 Å². The summed E-state index contributed by atoms with van der Waals surface area (Å²) in [5, 5.41) is 33.3. The fourth-order valence-corrected chi connectivity index (χ4v) is 5.24.